The molecule has 0 amide bonds. The maximum atomic E-state index is 3.57. The first-order chi connectivity index (χ1) is 4.50. The molecule has 0 radical (unpaired) electrons. The molecule has 2 atom stereocenters. The Kier molecular flexibility index (Phi) is 1.91. The first kappa shape index (κ1) is 8.58. The summed E-state index contributed by atoms with van der Waals surface area (Å²) in [6.45, 7) is 9.45. The Balaban J connectivity index is 2.68. The zero-order valence-corrected chi connectivity index (χ0v) is 8.96. The van der Waals surface area contributed by atoms with Crippen molar-refractivity contribution in [2.45, 2.75) is 34.1 Å². The molecule has 1 heteroatoms. The molecular weight excluding hydrogens is 188 g/mol. The lowest BCUT2D eigenvalue weighted by Crippen LogP contribution is -2.00. The summed E-state index contributed by atoms with van der Waals surface area (Å²) in [6.07, 6.45) is 1.32. The Labute approximate surface area is 72.5 Å². The van der Waals surface area contributed by atoms with Gasteiger partial charge in [0.25, 0.3) is 0 Å². The van der Waals surface area contributed by atoms with Crippen molar-refractivity contribution in [1.29, 1.82) is 0 Å². The van der Waals surface area contributed by atoms with Gasteiger partial charge in [-0.2, -0.15) is 0 Å². The summed E-state index contributed by atoms with van der Waals surface area (Å²) in [7, 11) is 0. The van der Waals surface area contributed by atoms with Crippen LogP contribution >= 0.6 is 15.9 Å². The van der Waals surface area contributed by atoms with Crippen molar-refractivity contribution in [3.05, 3.63) is 0 Å². The van der Waals surface area contributed by atoms with E-state index in [2.05, 4.69) is 43.6 Å². The number of hydrogen-bond acceptors (Lipinski definition) is 0. The van der Waals surface area contributed by atoms with Crippen molar-refractivity contribution in [2.75, 3.05) is 5.33 Å². The van der Waals surface area contributed by atoms with Crippen molar-refractivity contribution >= 4 is 15.9 Å². The van der Waals surface area contributed by atoms with Crippen LogP contribution in [0, 0.1) is 16.7 Å². The van der Waals surface area contributed by atoms with Crippen LogP contribution in [-0.2, 0) is 0 Å². The number of halogens is 1. The van der Waals surface area contributed by atoms with E-state index < -0.39 is 0 Å². The van der Waals surface area contributed by atoms with E-state index in [4.69, 9.17) is 0 Å². The predicted molar refractivity (Wildman–Crippen MR) is 49.5 cm³/mol. The van der Waals surface area contributed by atoms with Gasteiger partial charge in [-0.15, -0.1) is 0 Å². The third kappa shape index (κ3) is 0.792. The second-order valence-electron chi connectivity index (χ2n) is 4.20. The largest absolute Gasteiger partial charge is 0.0925 e. The SMILES string of the molecule is CCC1(C)C(CBr)C1(C)C. The summed E-state index contributed by atoms with van der Waals surface area (Å²) in [5.41, 5.74) is 1.18. The smallest absolute Gasteiger partial charge is 0.00703 e. The average Bonchev–Trinajstić information content (AvgIpc) is 2.29. The molecule has 1 aliphatic carbocycles. The summed E-state index contributed by atoms with van der Waals surface area (Å²) in [6, 6.07) is 0. The van der Waals surface area contributed by atoms with E-state index in [1.807, 2.05) is 0 Å². The van der Waals surface area contributed by atoms with E-state index in [9.17, 15) is 0 Å². The lowest BCUT2D eigenvalue weighted by Gasteiger charge is -2.09. The predicted octanol–water partition coefficient (Wildman–Crippen LogP) is 3.45. The van der Waals surface area contributed by atoms with Crippen LogP contribution in [0.5, 0.6) is 0 Å². The van der Waals surface area contributed by atoms with E-state index in [1.54, 1.807) is 0 Å². The van der Waals surface area contributed by atoms with Crippen LogP contribution in [0.25, 0.3) is 0 Å². The molecule has 1 rings (SSSR count). The lowest BCUT2D eigenvalue weighted by molar-refractivity contribution is 0.405. The summed E-state index contributed by atoms with van der Waals surface area (Å²) in [4.78, 5) is 0. The van der Waals surface area contributed by atoms with Gasteiger partial charge < -0.3 is 0 Å². The highest BCUT2D eigenvalue weighted by Crippen LogP contribution is 2.70. The van der Waals surface area contributed by atoms with Crippen LogP contribution in [0.4, 0.5) is 0 Å². The van der Waals surface area contributed by atoms with Crippen molar-refractivity contribution < 1.29 is 0 Å². The van der Waals surface area contributed by atoms with Gasteiger partial charge in [-0.1, -0.05) is 43.6 Å². The van der Waals surface area contributed by atoms with Crippen LogP contribution in [0.1, 0.15) is 34.1 Å². The number of rotatable bonds is 2. The summed E-state index contributed by atoms with van der Waals surface area (Å²) >= 11 is 3.57. The molecule has 0 aromatic heterocycles. The second-order valence-corrected chi connectivity index (χ2v) is 4.85. The van der Waals surface area contributed by atoms with Gasteiger partial charge in [-0.05, 0) is 23.2 Å². The fourth-order valence-corrected chi connectivity index (χ4v) is 3.79. The Hall–Kier alpha value is 0.480. The number of hydrogen-bond donors (Lipinski definition) is 0. The molecule has 0 heterocycles. The van der Waals surface area contributed by atoms with Gasteiger partial charge >= 0.3 is 0 Å². The molecule has 2 unspecified atom stereocenters. The molecule has 1 aliphatic rings. The Morgan fingerprint density at radius 2 is 1.80 bits per heavy atom. The highest BCUT2D eigenvalue weighted by molar-refractivity contribution is 9.09. The second kappa shape index (κ2) is 2.23. The topological polar surface area (TPSA) is 0 Å². The molecule has 1 fully saturated rings. The quantitative estimate of drug-likeness (QED) is 0.605. The van der Waals surface area contributed by atoms with Crippen molar-refractivity contribution in [3.8, 4) is 0 Å². The zero-order valence-electron chi connectivity index (χ0n) is 7.37. The normalized spacial score (nSPS) is 43.5. The fraction of sp³-hybridized carbons (Fsp3) is 1.00. The first-order valence-corrected chi connectivity index (χ1v) is 5.18. The summed E-state index contributed by atoms with van der Waals surface area (Å²) < 4.78 is 0. The standard InChI is InChI=1S/C9H17Br/c1-5-9(4)7(6-10)8(9,2)3/h7H,5-6H2,1-4H3. The maximum Gasteiger partial charge on any atom is 0.00703 e. The Bertz CT molecular complexity index is 140. The molecule has 0 nitrogen and oxygen atoms in total. The highest BCUT2D eigenvalue weighted by atomic mass is 79.9. The van der Waals surface area contributed by atoms with Gasteiger partial charge in [0, 0.05) is 5.33 Å². The van der Waals surface area contributed by atoms with E-state index in [1.165, 1.54) is 11.8 Å². The van der Waals surface area contributed by atoms with Gasteiger partial charge in [0.15, 0.2) is 0 Å². The first-order valence-electron chi connectivity index (χ1n) is 4.06. The highest BCUT2D eigenvalue weighted by Gasteiger charge is 2.65. The van der Waals surface area contributed by atoms with Crippen LogP contribution in [0.15, 0.2) is 0 Å². The molecule has 0 spiro atoms. The van der Waals surface area contributed by atoms with Gasteiger partial charge in [0.05, 0.1) is 0 Å². The molecule has 0 aromatic rings. The minimum atomic E-state index is 0.575. The van der Waals surface area contributed by atoms with E-state index in [-0.39, 0.29) is 0 Å². The third-order valence-corrected chi connectivity index (χ3v) is 4.57. The van der Waals surface area contributed by atoms with E-state index >= 15 is 0 Å². The van der Waals surface area contributed by atoms with Crippen LogP contribution < -0.4 is 0 Å². The van der Waals surface area contributed by atoms with Gasteiger partial charge in [0.2, 0.25) is 0 Å². The summed E-state index contributed by atoms with van der Waals surface area (Å²) in [5, 5.41) is 1.17. The van der Waals surface area contributed by atoms with Crippen molar-refractivity contribution in [3.63, 3.8) is 0 Å². The van der Waals surface area contributed by atoms with Gasteiger partial charge in [0.1, 0.15) is 0 Å². The molecule has 0 bridgehead atoms. The van der Waals surface area contributed by atoms with Gasteiger partial charge in [-0.25, -0.2) is 0 Å². The Morgan fingerprint density at radius 3 is 1.90 bits per heavy atom. The average molecular weight is 205 g/mol. The third-order valence-electron chi connectivity index (χ3n) is 3.92. The molecule has 60 valence electrons. The van der Waals surface area contributed by atoms with Crippen LogP contribution in [0.2, 0.25) is 0 Å². The van der Waals surface area contributed by atoms with Crippen molar-refractivity contribution in [2.24, 2.45) is 16.7 Å². The molecular formula is C9H17Br. The lowest BCUT2D eigenvalue weighted by atomic mass is 9.96. The molecule has 1 saturated carbocycles. The minimum absolute atomic E-state index is 0.575. The molecule has 0 saturated heterocycles. The molecule has 0 aromatic carbocycles. The Morgan fingerprint density at radius 1 is 1.30 bits per heavy atom. The van der Waals surface area contributed by atoms with E-state index in [0.717, 1.165) is 5.92 Å². The fourth-order valence-electron chi connectivity index (χ4n) is 2.26. The summed E-state index contributed by atoms with van der Waals surface area (Å²) in [5.74, 6) is 0.894. The van der Waals surface area contributed by atoms with Crippen LogP contribution in [0.3, 0.4) is 0 Å². The maximum absolute atomic E-state index is 3.57. The molecule has 0 aliphatic heterocycles. The molecule has 10 heavy (non-hydrogen) atoms. The molecule has 0 N–H and O–H groups in total. The number of alkyl halides is 1. The minimum Gasteiger partial charge on any atom is -0.0925 e. The van der Waals surface area contributed by atoms with E-state index in [0.29, 0.717) is 10.8 Å². The monoisotopic (exact) mass is 204 g/mol. The van der Waals surface area contributed by atoms with Crippen molar-refractivity contribution in [1.82, 2.24) is 0 Å². The zero-order chi connectivity index (χ0) is 7.99. The van der Waals surface area contributed by atoms with Crippen LogP contribution in [-0.4, -0.2) is 5.33 Å². The van der Waals surface area contributed by atoms with Gasteiger partial charge in [-0.3, -0.25) is 0 Å².